The number of para-hydroxylation sites is 1. The molecule has 0 saturated carbocycles. The van der Waals surface area contributed by atoms with Crippen molar-refractivity contribution in [1.82, 2.24) is 10.4 Å². The minimum absolute atomic E-state index is 0.314. The monoisotopic (exact) mass is 325 g/mol. The minimum atomic E-state index is -0.678. The molecule has 1 N–H and O–H groups in total. The fourth-order valence-electron chi connectivity index (χ4n) is 2.03. The smallest absolute Gasteiger partial charge is 0.280 e. The highest BCUT2D eigenvalue weighted by Gasteiger charge is 2.15. The number of hydrogen-bond donors (Lipinski definition) is 1. The van der Waals surface area contributed by atoms with Gasteiger partial charge in [0.1, 0.15) is 11.3 Å². The number of hydrazone groups is 1. The Bertz CT molecular complexity index is 825. The molecule has 116 valence electrons. The van der Waals surface area contributed by atoms with E-state index in [0.29, 0.717) is 5.75 Å². The Kier molecular flexibility index (Phi) is 4.63. The molecule has 0 fully saturated rings. The zero-order valence-corrected chi connectivity index (χ0v) is 13.3. The second kappa shape index (κ2) is 7.02. The molecule has 2 heterocycles. The molecule has 3 rings (SSSR count). The summed E-state index contributed by atoms with van der Waals surface area (Å²) in [5.41, 5.74) is 3.21. The standard InChI is InChI=1S/C17H15N3O2S/c1-12(17(21)20-19-11-14-7-4-10-23-14)22-15-8-2-5-13-6-3-9-18-16(13)15/h2-12H,1H3,(H,20,21). The summed E-state index contributed by atoms with van der Waals surface area (Å²) in [5.74, 6) is 0.263. The molecule has 1 unspecified atom stereocenters. The number of nitrogens with one attached hydrogen (secondary N) is 1. The van der Waals surface area contributed by atoms with E-state index in [1.54, 1.807) is 36.7 Å². The van der Waals surface area contributed by atoms with Crippen LogP contribution in [0.2, 0.25) is 0 Å². The lowest BCUT2D eigenvalue weighted by molar-refractivity contribution is -0.127. The van der Waals surface area contributed by atoms with E-state index >= 15 is 0 Å². The van der Waals surface area contributed by atoms with Gasteiger partial charge in [0.25, 0.3) is 5.91 Å². The summed E-state index contributed by atoms with van der Waals surface area (Å²) >= 11 is 1.55. The van der Waals surface area contributed by atoms with Gasteiger partial charge in [0.2, 0.25) is 0 Å². The highest BCUT2D eigenvalue weighted by atomic mass is 32.1. The molecular formula is C17H15N3O2S. The number of fused-ring (bicyclic) bond motifs is 1. The van der Waals surface area contributed by atoms with E-state index in [9.17, 15) is 4.79 Å². The van der Waals surface area contributed by atoms with Crippen LogP contribution in [-0.2, 0) is 4.79 Å². The maximum atomic E-state index is 12.0. The van der Waals surface area contributed by atoms with Crippen molar-refractivity contribution in [3.63, 3.8) is 0 Å². The molecule has 0 aliphatic heterocycles. The third-order valence-corrected chi connectivity index (χ3v) is 3.99. The third-order valence-electron chi connectivity index (χ3n) is 3.18. The molecule has 0 saturated heterocycles. The van der Waals surface area contributed by atoms with Gasteiger partial charge in [-0.05, 0) is 30.5 Å². The highest BCUT2D eigenvalue weighted by Crippen LogP contribution is 2.23. The van der Waals surface area contributed by atoms with Gasteiger partial charge >= 0.3 is 0 Å². The summed E-state index contributed by atoms with van der Waals surface area (Å²) in [4.78, 5) is 17.3. The number of rotatable bonds is 5. The van der Waals surface area contributed by atoms with Gasteiger partial charge in [-0.15, -0.1) is 11.3 Å². The van der Waals surface area contributed by atoms with Gasteiger partial charge < -0.3 is 4.74 Å². The lowest BCUT2D eigenvalue weighted by Gasteiger charge is -2.14. The summed E-state index contributed by atoms with van der Waals surface area (Å²) in [6, 6.07) is 13.3. The molecule has 1 amide bonds. The van der Waals surface area contributed by atoms with Crippen molar-refractivity contribution < 1.29 is 9.53 Å². The molecule has 1 atom stereocenters. The number of aromatic nitrogens is 1. The van der Waals surface area contributed by atoms with Crippen LogP contribution in [-0.4, -0.2) is 23.2 Å². The van der Waals surface area contributed by atoms with Crippen LogP contribution in [0.5, 0.6) is 5.75 Å². The van der Waals surface area contributed by atoms with Crippen molar-refractivity contribution in [3.8, 4) is 5.75 Å². The van der Waals surface area contributed by atoms with E-state index < -0.39 is 6.10 Å². The molecule has 5 nitrogen and oxygen atoms in total. The Labute approximate surface area is 137 Å². The molecule has 6 heteroatoms. The fraction of sp³-hybridized carbons (Fsp3) is 0.118. The molecule has 0 aliphatic rings. The van der Waals surface area contributed by atoms with E-state index in [0.717, 1.165) is 15.8 Å². The number of carbonyl (C=O) groups excluding carboxylic acids is 1. The summed E-state index contributed by atoms with van der Waals surface area (Å²) in [6.45, 7) is 1.68. The summed E-state index contributed by atoms with van der Waals surface area (Å²) in [6.07, 6.45) is 2.63. The normalized spacial score (nSPS) is 12.4. The van der Waals surface area contributed by atoms with Crippen LogP contribution >= 0.6 is 11.3 Å². The van der Waals surface area contributed by atoms with Crippen molar-refractivity contribution in [1.29, 1.82) is 0 Å². The molecular weight excluding hydrogens is 310 g/mol. The van der Waals surface area contributed by atoms with Gasteiger partial charge in [-0.2, -0.15) is 5.10 Å². The molecule has 2 aromatic heterocycles. The van der Waals surface area contributed by atoms with Crippen molar-refractivity contribution in [2.24, 2.45) is 5.10 Å². The number of amides is 1. The minimum Gasteiger partial charge on any atom is -0.479 e. The van der Waals surface area contributed by atoms with Crippen LogP contribution in [0.25, 0.3) is 10.9 Å². The first-order valence-electron chi connectivity index (χ1n) is 7.11. The first-order chi connectivity index (χ1) is 11.2. The Balaban J connectivity index is 1.65. The third kappa shape index (κ3) is 3.73. The van der Waals surface area contributed by atoms with Gasteiger partial charge in [0.05, 0.1) is 6.21 Å². The maximum Gasteiger partial charge on any atom is 0.280 e. The van der Waals surface area contributed by atoms with Gasteiger partial charge in [0, 0.05) is 16.5 Å². The molecule has 1 aromatic carbocycles. The summed E-state index contributed by atoms with van der Waals surface area (Å²) in [7, 11) is 0. The molecule has 23 heavy (non-hydrogen) atoms. The average molecular weight is 325 g/mol. The zero-order valence-electron chi connectivity index (χ0n) is 12.5. The van der Waals surface area contributed by atoms with E-state index in [1.165, 1.54) is 0 Å². The van der Waals surface area contributed by atoms with Crippen LogP contribution < -0.4 is 10.2 Å². The predicted molar refractivity (Wildman–Crippen MR) is 91.9 cm³/mol. The van der Waals surface area contributed by atoms with Crippen molar-refractivity contribution >= 4 is 34.4 Å². The number of nitrogens with zero attached hydrogens (tertiary/aromatic N) is 2. The Morgan fingerprint density at radius 3 is 3.00 bits per heavy atom. The first kappa shape index (κ1) is 15.2. The maximum absolute atomic E-state index is 12.0. The Morgan fingerprint density at radius 2 is 2.17 bits per heavy atom. The van der Waals surface area contributed by atoms with Gasteiger partial charge in [0.15, 0.2) is 6.10 Å². The van der Waals surface area contributed by atoms with E-state index in [-0.39, 0.29) is 5.91 Å². The van der Waals surface area contributed by atoms with Crippen molar-refractivity contribution in [3.05, 3.63) is 58.9 Å². The van der Waals surface area contributed by atoms with Crippen LogP contribution in [0.3, 0.4) is 0 Å². The van der Waals surface area contributed by atoms with Crippen LogP contribution in [0, 0.1) is 0 Å². The molecule has 0 bridgehead atoms. The van der Waals surface area contributed by atoms with Crippen LogP contribution in [0.1, 0.15) is 11.8 Å². The first-order valence-corrected chi connectivity index (χ1v) is 7.99. The Hall–Kier alpha value is -2.73. The van der Waals surface area contributed by atoms with Crippen LogP contribution in [0.4, 0.5) is 0 Å². The number of ether oxygens (including phenoxy) is 1. The Morgan fingerprint density at radius 1 is 1.30 bits per heavy atom. The largest absolute Gasteiger partial charge is 0.479 e. The van der Waals surface area contributed by atoms with E-state index in [2.05, 4.69) is 15.5 Å². The number of benzene rings is 1. The number of hydrogen-bond acceptors (Lipinski definition) is 5. The summed E-state index contributed by atoms with van der Waals surface area (Å²) < 4.78 is 5.73. The number of thiophene rings is 1. The number of carbonyl (C=O) groups is 1. The zero-order chi connectivity index (χ0) is 16.1. The topological polar surface area (TPSA) is 63.6 Å². The summed E-state index contributed by atoms with van der Waals surface area (Å²) in [5, 5.41) is 6.84. The molecule has 0 radical (unpaired) electrons. The fourth-order valence-corrected chi connectivity index (χ4v) is 2.62. The van der Waals surface area contributed by atoms with Crippen LogP contribution in [0.15, 0.2) is 59.1 Å². The molecule has 0 spiro atoms. The van der Waals surface area contributed by atoms with Gasteiger partial charge in [-0.1, -0.05) is 24.3 Å². The lowest BCUT2D eigenvalue weighted by atomic mass is 10.2. The molecule has 0 aliphatic carbocycles. The van der Waals surface area contributed by atoms with Crippen molar-refractivity contribution in [2.75, 3.05) is 0 Å². The SMILES string of the molecule is CC(Oc1cccc2cccnc12)C(=O)NN=Cc1cccs1. The highest BCUT2D eigenvalue weighted by molar-refractivity contribution is 7.11. The predicted octanol–water partition coefficient (Wildman–Crippen LogP) is 3.21. The van der Waals surface area contributed by atoms with Crippen molar-refractivity contribution in [2.45, 2.75) is 13.0 Å². The second-order valence-corrected chi connectivity index (χ2v) is 5.82. The lowest BCUT2D eigenvalue weighted by Crippen LogP contribution is -2.33. The second-order valence-electron chi connectivity index (χ2n) is 4.84. The van der Waals surface area contributed by atoms with Gasteiger partial charge in [-0.3, -0.25) is 9.78 Å². The van der Waals surface area contributed by atoms with Gasteiger partial charge in [-0.25, -0.2) is 5.43 Å². The van der Waals surface area contributed by atoms with E-state index in [4.69, 9.17) is 4.74 Å². The van der Waals surface area contributed by atoms with E-state index in [1.807, 2.05) is 41.8 Å². The number of pyridine rings is 1. The molecule has 3 aromatic rings. The quantitative estimate of drug-likeness (QED) is 0.579. The average Bonchev–Trinajstić information content (AvgIpc) is 3.08.